The highest BCUT2D eigenvalue weighted by Gasteiger charge is 2.35. The lowest BCUT2D eigenvalue weighted by Gasteiger charge is -2.34. The molecule has 3 heterocycles. The lowest BCUT2D eigenvalue weighted by atomic mass is 9.89. The van der Waals surface area contributed by atoms with Crippen LogP contribution in [0.1, 0.15) is 24.5 Å². The van der Waals surface area contributed by atoms with E-state index in [0.29, 0.717) is 24.0 Å². The van der Waals surface area contributed by atoms with Crippen molar-refractivity contribution in [2.24, 2.45) is 0 Å². The van der Waals surface area contributed by atoms with Crippen molar-refractivity contribution in [1.29, 1.82) is 0 Å². The second kappa shape index (κ2) is 10.5. The van der Waals surface area contributed by atoms with Crippen molar-refractivity contribution in [1.82, 2.24) is 20.2 Å². The van der Waals surface area contributed by atoms with E-state index in [1.54, 1.807) is 23.2 Å². The Morgan fingerprint density at radius 2 is 2.12 bits per heavy atom. The van der Waals surface area contributed by atoms with Gasteiger partial charge in [0, 0.05) is 36.5 Å². The van der Waals surface area contributed by atoms with E-state index in [0.717, 1.165) is 41.4 Å². The summed E-state index contributed by atoms with van der Waals surface area (Å²) in [6.07, 6.45) is 3.30. The Morgan fingerprint density at radius 3 is 2.82 bits per heavy atom. The van der Waals surface area contributed by atoms with Crippen molar-refractivity contribution in [2.75, 3.05) is 31.7 Å². The maximum absolute atomic E-state index is 13.5. The highest BCUT2D eigenvalue weighted by atomic mass is 32.2. The third-order valence-corrected chi connectivity index (χ3v) is 7.30. The number of likely N-dealkylation sites (tertiary alicyclic amines) is 1. The van der Waals surface area contributed by atoms with Gasteiger partial charge >= 0.3 is 5.97 Å². The van der Waals surface area contributed by atoms with E-state index in [-0.39, 0.29) is 34.6 Å². The van der Waals surface area contributed by atoms with Gasteiger partial charge in [0.1, 0.15) is 11.9 Å². The van der Waals surface area contributed by atoms with Gasteiger partial charge in [-0.3, -0.25) is 14.4 Å². The maximum Gasteiger partial charge on any atom is 0.316 e. The minimum Gasteiger partial charge on any atom is -0.468 e. The number of methoxy groups -OCH3 is 1. The van der Waals surface area contributed by atoms with Gasteiger partial charge in [0.05, 0.1) is 18.6 Å². The van der Waals surface area contributed by atoms with Gasteiger partial charge in [-0.15, -0.1) is 0 Å². The maximum atomic E-state index is 13.5. The number of nitrogens with one attached hydrogen (secondary N) is 1. The van der Waals surface area contributed by atoms with E-state index < -0.39 is 6.04 Å². The van der Waals surface area contributed by atoms with E-state index in [1.807, 2.05) is 0 Å². The summed E-state index contributed by atoms with van der Waals surface area (Å²) in [7, 11) is 1.33. The predicted octanol–water partition coefficient (Wildman–Crippen LogP) is 3.08. The Balaban J connectivity index is 1.61. The van der Waals surface area contributed by atoms with Crippen LogP contribution in [-0.2, 0) is 14.3 Å². The number of halogens is 1. The number of nitrogens with zero attached hydrogens (tertiary/aromatic N) is 3. The lowest BCUT2D eigenvalue weighted by molar-refractivity contribution is -0.137. The molecule has 2 fully saturated rings. The molecule has 174 valence electrons. The number of hydrogen-bond donors (Lipinski definition) is 1. The standard InChI is InChI=1S/C22H23FN4O4S2/c1-31-18(28)12-32-21-24-9-16(13-4-6-15(23)7-5-13)19(26-21)14-3-2-8-27(10-14)20(29)17-11-33-22(30)25-17/h4-7,9,14,17H,2-3,8,10-12H2,1H3,(H,25,30)/t14-,17-/m0/s1. The summed E-state index contributed by atoms with van der Waals surface area (Å²) in [4.78, 5) is 46.9. The average Bonchev–Trinajstić information content (AvgIpc) is 3.28. The van der Waals surface area contributed by atoms with Crippen LogP contribution in [0, 0.1) is 5.82 Å². The van der Waals surface area contributed by atoms with E-state index in [1.165, 1.54) is 31.0 Å². The zero-order valence-corrected chi connectivity index (χ0v) is 19.6. The summed E-state index contributed by atoms with van der Waals surface area (Å²) in [5, 5.41) is 2.97. The highest BCUT2D eigenvalue weighted by molar-refractivity contribution is 8.14. The van der Waals surface area contributed by atoms with Crippen LogP contribution in [0.25, 0.3) is 11.1 Å². The number of benzene rings is 1. The first-order chi connectivity index (χ1) is 15.9. The first kappa shape index (κ1) is 23.5. The first-order valence-electron chi connectivity index (χ1n) is 10.5. The molecule has 0 aliphatic carbocycles. The highest BCUT2D eigenvalue weighted by Crippen LogP contribution is 2.34. The molecule has 0 spiro atoms. The number of carbonyl (C=O) groups excluding carboxylic acids is 3. The van der Waals surface area contributed by atoms with E-state index in [2.05, 4.69) is 10.3 Å². The van der Waals surface area contributed by atoms with E-state index >= 15 is 0 Å². The van der Waals surface area contributed by atoms with Gasteiger partial charge < -0.3 is 15.0 Å². The molecule has 1 aromatic carbocycles. The van der Waals surface area contributed by atoms with Gasteiger partial charge in [-0.25, -0.2) is 14.4 Å². The Bertz CT molecular complexity index is 1050. The number of thioether (sulfide) groups is 2. The Labute approximate surface area is 199 Å². The van der Waals surface area contributed by atoms with Crippen LogP contribution in [0.15, 0.2) is 35.6 Å². The SMILES string of the molecule is COC(=O)CSc1ncc(-c2ccc(F)cc2)c([C@H]2CCCN(C(=O)[C@@H]3CSC(=O)N3)C2)n1. The van der Waals surface area contributed by atoms with Crippen LogP contribution in [-0.4, -0.2) is 69.7 Å². The molecule has 2 aromatic rings. The summed E-state index contributed by atoms with van der Waals surface area (Å²) in [5.74, 6) is -0.346. The predicted molar refractivity (Wildman–Crippen MR) is 123 cm³/mol. The second-order valence-electron chi connectivity index (χ2n) is 7.74. The first-order valence-corrected chi connectivity index (χ1v) is 12.5. The molecular formula is C22H23FN4O4S2. The van der Waals surface area contributed by atoms with Crippen molar-refractivity contribution in [3.8, 4) is 11.1 Å². The monoisotopic (exact) mass is 490 g/mol. The molecule has 0 radical (unpaired) electrons. The minimum absolute atomic E-state index is 0.0620. The lowest BCUT2D eigenvalue weighted by Crippen LogP contribution is -2.49. The number of amides is 2. The molecule has 11 heteroatoms. The fourth-order valence-electron chi connectivity index (χ4n) is 3.93. The largest absolute Gasteiger partial charge is 0.468 e. The molecule has 33 heavy (non-hydrogen) atoms. The zero-order valence-electron chi connectivity index (χ0n) is 18.0. The van der Waals surface area contributed by atoms with Gasteiger partial charge in [-0.1, -0.05) is 35.7 Å². The van der Waals surface area contributed by atoms with Crippen LogP contribution in [0.5, 0.6) is 0 Å². The minimum atomic E-state index is -0.505. The molecule has 2 atom stereocenters. The summed E-state index contributed by atoms with van der Waals surface area (Å²) in [6, 6.07) is 5.62. The van der Waals surface area contributed by atoms with Crippen molar-refractivity contribution in [2.45, 2.75) is 30.0 Å². The summed E-state index contributed by atoms with van der Waals surface area (Å²) in [5.41, 5.74) is 2.30. The fraction of sp³-hybridized carbons (Fsp3) is 0.409. The summed E-state index contributed by atoms with van der Waals surface area (Å²) in [6.45, 7) is 1.08. The number of piperidine rings is 1. The second-order valence-corrected chi connectivity index (χ2v) is 9.68. The number of carbonyl (C=O) groups is 3. The number of aromatic nitrogens is 2. The molecule has 8 nitrogen and oxygen atoms in total. The molecule has 2 amide bonds. The Morgan fingerprint density at radius 1 is 1.33 bits per heavy atom. The van der Waals surface area contributed by atoms with Gasteiger partial charge in [-0.05, 0) is 30.5 Å². The van der Waals surface area contributed by atoms with E-state index in [4.69, 9.17) is 9.72 Å². The Hall–Kier alpha value is -2.66. The number of rotatable bonds is 6. The molecule has 1 N–H and O–H groups in total. The molecule has 0 unspecified atom stereocenters. The van der Waals surface area contributed by atoms with Gasteiger partial charge in [0.15, 0.2) is 5.16 Å². The molecule has 0 bridgehead atoms. The Kier molecular flexibility index (Phi) is 7.49. The van der Waals surface area contributed by atoms with Crippen LogP contribution < -0.4 is 5.32 Å². The van der Waals surface area contributed by atoms with Crippen LogP contribution in [0.3, 0.4) is 0 Å². The van der Waals surface area contributed by atoms with Crippen LogP contribution in [0.2, 0.25) is 0 Å². The summed E-state index contributed by atoms with van der Waals surface area (Å²) >= 11 is 2.30. The topological polar surface area (TPSA) is 101 Å². The van der Waals surface area contributed by atoms with Crippen molar-refractivity contribution in [3.05, 3.63) is 42.0 Å². The molecule has 4 rings (SSSR count). The van der Waals surface area contributed by atoms with Crippen LogP contribution >= 0.6 is 23.5 Å². The molecule has 2 aliphatic heterocycles. The quantitative estimate of drug-likeness (QED) is 0.375. The molecule has 2 saturated heterocycles. The number of ether oxygens (including phenoxy) is 1. The smallest absolute Gasteiger partial charge is 0.316 e. The normalized spacial score (nSPS) is 20.4. The third-order valence-electron chi connectivity index (χ3n) is 5.59. The zero-order chi connectivity index (χ0) is 23.4. The molecule has 1 aromatic heterocycles. The van der Waals surface area contributed by atoms with Gasteiger partial charge in [-0.2, -0.15) is 0 Å². The molecule has 2 aliphatic rings. The van der Waals surface area contributed by atoms with Crippen molar-refractivity contribution >= 4 is 40.6 Å². The number of hydrogen-bond acceptors (Lipinski definition) is 8. The fourth-order valence-corrected chi connectivity index (χ4v) is 5.36. The van der Waals surface area contributed by atoms with Gasteiger partial charge in [0.25, 0.3) is 5.24 Å². The molecular weight excluding hydrogens is 467 g/mol. The van der Waals surface area contributed by atoms with Gasteiger partial charge in [0.2, 0.25) is 5.91 Å². The van der Waals surface area contributed by atoms with Crippen LogP contribution in [0.4, 0.5) is 9.18 Å². The summed E-state index contributed by atoms with van der Waals surface area (Å²) < 4.78 is 18.2. The average molecular weight is 491 g/mol. The van der Waals surface area contributed by atoms with E-state index in [9.17, 15) is 18.8 Å². The molecule has 0 saturated carbocycles. The van der Waals surface area contributed by atoms with Crippen molar-refractivity contribution in [3.63, 3.8) is 0 Å². The number of esters is 1. The van der Waals surface area contributed by atoms with Crippen molar-refractivity contribution < 1.29 is 23.5 Å². The third kappa shape index (κ3) is 5.64.